The van der Waals surface area contributed by atoms with E-state index in [1.807, 2.05) is 0 Å². The number of nitrogens with zero attached hydrogens (tertiary/aromatic N) is 3. The number of aromatic amines is 1. The van der Waals surface area contributed by atoms with Crippen molar-refractivity contribution in [3.05, 3.63) is 29.3 Å². The molecule has 0 spiro atoms. The third kappa shape index (κ3) is 2.96. The lowest BCUT2D eigenvalue weighted by Gasteiger charge is -2.12. The SMILES string of the molecule is COCCn1cc(NC(=O)c2n[nH]c3c2CNCC3)cn1. The summed E-state index contributed by atoms with van der Waals surface area (Å²) in [6, 6.07) is 0. The fourth-order valence-electron chi connectivity index (χ4n) is 2.34. The number of hydrogen-bond donors (Lipinski definition) is 3. The Morgan fingerprint density at radius 3 is 3.33 bits per heavy atom. The molecule has 2 aromatic heterocycles. The molecule has 21 heavy (non-hydrogen) atoms. The van der Waals surface area contributed by atoms with Crippen LogP contribution in [-0.2, 0) is 24.2 Å². The summed E-state index contributed by atoms with van der Waals surface area (Å²) >= 11 is 0. The molecule has 0 unspecified atom stereocenters. The van der Waals surface area contributed by atoms with Gasteiger partial charge in [0.2, 0.25) is 0 Å². The second kappa shape index (κ2) is 6.06. The number of ether oxygens (including phenoxy) is 1. The van der Waals surface area contributed by atoms with E-state index < -0.39 is 0 Å². The second-order valence-electron chi connectivity index (χ2n) is 4.90. The van der Waals surface area contributed by atoms with Crippen molar-refractivity contribution in [1.29, 1.82) is 0 Å². The highest BCUT2D eigenvalue weighted by Crippen LogP contribution is 2.16. The molecule has 0 aliphatic carbocycles. The van der Waals surface area contributed by atoms with Crippen molar-refractivity contribution in [3.63, 3.8) is 0 Å². The van der Waals surface area contributed by atoms with E-state index in [4.69, 9.17) is 4.74 Å². The molecule has 3 heterocycles. The molecule has 0 saturated heterocycles. The Balaban J connectivity index is 1.68. The van der Waals surface area contributed by atoms with Crippen molar-refractivity contribution in [3.8, 4) is 0 Å². The smallest absolute Gasteiger partial charge is 0.276 e. The first-order chi connectivity index (χ1) is 10.3. The van der Waals surface area contributed by atoms with E-state index in [-0.39, 0.29) is 5.91 Å². The van der Waals surface area contributed by atoms with E-state index >= 15 is 0 Å². The normalized spacial score (nSPS) is 14.0. The molecule has 8 heteroatoms. The minimum absolute atomic E-state index is 0.220. The van der Waals surface area contributed by atoms with Crippen LogP contribution in [0.25, 0.3) is 0 Å². The predicted molar refractivity (Wildman–Crippen MR) is 76.1 cm³/mol. The van der Waals surface area contributed by atoms with Crippen molar-refractivity contribution in [2.45, 2.75) is 19.5 Å². The summed E-state index contributed by atoms with van der Waals surface area (Å²) in [5, 5.41) is 17.3. The van der Waals surface area contributed by atoms with E-state index in [0.717, 1.165) is 24.2 Å². The molecule has 0 saturated carbocycles. The van der Waals surface area contributed by atoms with Crippen LogP contribution in [0.5, 0.6) is 0 Å². The number of anilines is 1. The first-order valence-electron chi connectivity index (χ1n) is 6.87. The summed E-state index contributed by atoms with van der Waals surface area (Å²) < 4.78 is 6.71. The zero-order valence-electron chi connectivity index (χ0n) is 11.8. The molecule has 0 fully saturated rings. The molecule has 3 rings (SSSR count). The highest BCUT2D eigenvalue weighted by atomic mass is 16.5. The maximum atomic E-state index is 12.3. The van der Waals surface area contributed by atoms with Gasteiger partial charge in [0.1, 0.15) is 0 Å². The van der Waals surface area contributed by atoms with Gasteiger partial charge in [-0.1, -0.05) is 0 Å². The molecule has 8 nitrogen and oxygen atoms in total. The predicted octanol–water partition coefficient (Wildman–Crippen LogP) is 0.151. The van der Waals surface area contributed by atoms with E-state index in [0.29, 0.717) is 31.1 Å². The van der Waals surface area contributed by atoms with Gasteiger partial charge >= 0.3 is 0 Å². The van der Waals surface area contributed by atoms with Gasteiger partial charge in [0.25, 0.3) is 5.91 Å². The number of nitrogens with one attached hydrogen (secondary N) is 3. The minimum Gasteiger partial charge on any atom is -0.383 e. The number of fused-ring (bicyclic) bond motifs is 1. The lowest BCUT2D eigenvalue weighted by Crippen LogP contribution is -2.25. The van der Waals surface area contributed by atoms with Crippen LogP contribution in [0.3, 0.4) is 0 Å². The van der Waals surface area contributed by atoms with Gasteiger partial charge < -0.3 is 15.4 Å². The molecule has 1 amide bonds. The van der Waals surface area contributed by atoms with Gasteiger partial charge in [-0.3, -0.25) is 14.6 Å². The molecule has 0 aromatic carbocycles. The summed E-state index contributed by atoms with van der Waals surface area (Å²) in [6.45, 7) is 2.80. The van der Waals surface area contributed by atoms with Gasteiger partial charge in [-0.05, 0) is 0 Å². The summed E-state index contributed by atoms with van der Waals surface area (Å²) in [6.07, 6.45) is 4.25. The number of rotatable bonds is 5. The topological polar surface area (TPSA) is 96.9 Å². The second-order valence-corrected chi connectivity index (χ2v) is 4.90. The van der Waals surface area contributed by atoms with Gasteiger partial charge in [-0.15, -0.1) is 0 Å². The summed E-state index contributed by atoms with van der Waals surface area (Å²) in [5.74, 6) is -0.220. The zero-order valence-corrected chi connectivity index (χ0v) is 11.8. The highest BCUT2D eigenvalue weighted by molar-refractivity contribution is 6.03. The Kier molecular flexibility index (Phi) is 3.98. The molecule has 112 valence electrons. The van der Waals surface area contributed by atoms with Crippen molar-refractivity contribution >= 4 is 11.6 Å². The van der Waals surface area contributed by atoms with Crippen LogP contribution in [0.15, 0.2) is 12.4 Å². The van der Waals surface area contributed by atoms with Crippen molar-refractivity contribution < 1.29 is 9.53 Å². The van der Waals surface area contributed by atoms with Crippen LogP contribution in [0.4, 0.5) is 5.69 Å². The maximum Gasteiger partial charge on any atom is 0.276 e. The minimum atomic E-state index is -0.220. The number of aromatic nitrogens is 4. The molecular weight excluding hydrogens is 272 g/mol. The first-order valence-corrected chi connectivity index (χ1v) is 6.87. The van der Waals surface area contributed by atoms with E-state index in [2.05, 4.69) is 25.9 Å². The van der Waals surface area contributed by atoms with Gasteiger partial charge in [0, 0.05) is 44.1 Å². The van der Waals surface area contributed by atoms with Crippen LogP contribution < -0.4 is 10.6 Å². The Hall–Kier alpha value is -2.19. The molecule has 0 bridgehead atoms. The fourth-order valence-corrected chi connectivity index (χ4v) is 2.34. The Bertz CT molecular complexity index is 632. The first kappa shape index (κ1) is 13.8. The van der Waals surface area contributed by atoms with Gasteiger partial charge in [-0.25, -0.2) is 0 Å². The van der Waals surface area contributed by atoms with Gasteiger partial charge in [0.05, 0.1) is 25.0 Å². The molecule has 1 aliphatic heterocycles. The average Bonchev–Trinajstić information content (AvgIpc) is 3.11. The van der Waals surface area contributed by atoms with E-state index in [9.17, 15) is 4.79 Å². The monoisotopic (exact) mass is 290 g/mol. The van der Waals surface area contributed by atoms with Crippen molar-refractivity contribution in [1.82, 2.24) is 25.3 Å². The zero-order chi connectivity index (χ0) is 14.7. The Morgan fingerprint density at radius 2 is 2.48 bits per heavy atom. The number of hydrogen-bond acceptors (Lipinski definition) is 5. The third-order valence-corrected chi connectivity index (χ3v) is 3.44. The molecule has 0 radical (unpaired) electrons. The molecular formula is C13H18N6O2. The van der Waals surface area contributed by atoms with E-state index in [1.54, 1.807) is 24.2 Å². The van der Waals surface area contributed by atoms with Crippen molar-refractivity contribution in [2.75, 3.05) is 25.6 Å². The largest absolute Gasteiger partial charge is 0.383 e. The van der Waals surface area contributed by atoms with Crippen LogP contribution in [-0.4, -0.2) is 46.1 Å². The standard InChI is InChI=1S/C13H18N6O2/c1-21-5-4-19-8-9(6-15-19)16-13(20)12-10-7-14-3-2-11(10)17-18-12/h6,8,14H,2-5,7H2,1H3,(H,16,20)(H,17,18). The number of carbonyl (C=O) groups excluding carboxylic acids is 1. The van der Waals surface area contributed by atoms with Gasteiger partial charge in [0.15, 0.2) is 5.69 Å². The number of H-pyrrole nitrogens is 1. The summed E-state index contributed by atoms with van der Waals surface area (Å²) in [4.78, 5) is 12.3. The molecule has 3 N–H and O–H groups in total. The molecule has 1 aliphatic rings. The number of carbonyl (C=O) groups is 1. The van der Waals surface area contributed by atoms with E-state index in [1.165, 1.54) is 0 Å². The Morgan fingerprint density at radius 1 is 1.57 bits per heavy atom. The van der Waals surface area contributed by atoms with Crippen LogP contribution in [0, 0.1) is 0 Å². The van der Waals surface area contributed by atoms with Crippen molar-refractivity contribution in [2.24, 2.45) is 0 Å². The fraction of sp³-hybridized carbons (Fsp3) is 0.462. The lowest BCUT2D eigenvalue weighted by atomic mass is 10.1. The third-order valence-electron chi connectivity index (χ3n) is 3.44. The summed E-state index contributed by atoms with van der Waals surface area (Å²) in [5.41, 5.74) is 3.08. The average molecular weight is 290 g/mol. The van der Waals surface area contributed by atoms with Crippen LogP contribution >= 0.6 is 0 Å². The maximum absolute atomic E-state index is 12.3. The van der Waals surface area contributed by atoms with Crippen LogP contribution in [0.1, 0.15) is 21.7 Å². The lowest BCUT2D eigenvalue weighted by molar-refractivity contribution is 0.102. The van der Waals surface area contributed by atoms with Gasteiger partial charge in [-0.2, -0.15) is 10.2 Å². The quantitative estimate of drug-likeness (QED) is 0.728. The number of amides is 1. The Labute approximate surface area is 121 Å². The summed E-state index contributed by atoms with van der Waals surface area (Å²) in [7, 11) is 1.64. The molecule has 2 aromatic rings. The van der Waals surface area contributed by atoms with Crippen LogP contribution in [0.2, 0.25) is 0 Å². The number of methoxy groups -OCH3 is 1. The molecule has 0 atom stereocenters. The highest BCUT2D eigenvalue weighted by Gasteiger charge is 2.21.